The highest BCUT2D eigenvalue weighted by molar-refractivity contribution is 6.01. The van der Waals surface area contributed by atoms with Crippen LogP contribution in [0.25, 0.3) is 0 Å². The zero-order valence-corrected chi connectivity index (χ0v) is 22.4. The first-order valence-corrected chi connectivity index (χ1v) is 13.7. The molecule has 5 rings (SSSR count). The van der Waals surface area contributed by atoms with Crippen LogP contribution < -0.4 is 0 Å². The third kappa shape index (κ3) is 3.61. The molecule has 0 radical (unpaired) electrons. The maximum Gasteiger partial charge on any atom is 0.190 e. The van der Waals surface area contributed by atoms with E-state index < -0.39 is 95.7 Å². The highest BCUT2D eigenvalue weighted by Gasteiger charge is 2.77. The Bertz CT molecular complexity index is 1090. The molecule has 1 unspecified atom stereocenters. The van der Waals surface area contributed by atoms with Gasteiger partial charge in [-0.15, -0.1) is 0 Å². The predicted molar refractivity (Wildman–Crippen MR) is 133 cm³/mol. The number of aliphatic hydroxyl groups excluding tert-OH is 6. The quantitative estimate of drug-likeness (QED) is 0.265. The fraction of sp³-hybridized carbons (Fsp3) is 0.786. The van der Waals surface area contributed by atoms with Crippen LogP contribution in [0.4, 0.5) is 4.39 Å². The van der Waals surface area contributed by atoms with Gasteiger partial charge in [-0.1, -0.05) is 25.5 Å². The number of allylic oxidation sites excluding steroid dienone is 4. The van der Waals surface area contributed by atoms with Gasteiger partial charge in [0.25, 0.3) is 0 Å². The molecule has 0 aromatic carbocycles. The standard InChI is InChI=1S/C28H39FO10/c1-13-8-17-16-5-4-14-9-15(32)6-7-25(14,2)27(16,29)19(33)10-26(17,3)28(13,20(34)12-31)39-24-23(37)22(36)21(35)18(11-30)38-24/h6-7,9,13,16-19,21-24,30-31,33,35-37H,4-5,8,10-12H2,1-3H3/t13-,16+,17+,18-,19+,21-,22+,23-,24?,25+,26+,27+,28+/m1/s1. The molecule has 39 heavy (non-hydrogen) atoms. The Morgan fingerprint density at radius 3 is 2.46 bits per heavy atom. The maximum atomic E-state index is 17.5. The molecule has 10 nitrogen and oxygen atoms in total. The van der Waals surface area contributed by atoms with Crippen LogP contribution in [0.2, 0.25) is 0 Å². The molecule has 0 bridgehead atoms. The Hall–Kier alpha value is -1.57. The van der Waals surface area contributed by atoms with Crippen molar-refractivity contribution in [1.82, 2.24) is 0 Å². The minimum absolute atomic E-state index is 0.219. The average molecular weight is 555 g/mol. The summed E-state index contributed by atoms with van der Waals surface area (Å²) in [5, 5.41) is 62.6. The predicted octanol–water partition coefficient (Wildman–Crippen LogP) is -0.280. The molecule has 5 aliphatic rings. The van der Waals surface area contributed by atoms with Crippen LogP contribution in [-0.4, -0.2) is 103 Å². The van der Waals surface area contributed by atoms with Crippen LogP contribution in [0.5, 0.6) is 0 Å². The van der Waals surface area contributed by atoms with E-state index in [2.05, 4.69) is 0 Å². The van der Waals surface area contributed by atoms with Crippen molar-refractivity contribution in [3.05, 3.63) is 23.8 Å². The monoisotopic (exact) mass is 554 g/mol. The summed E-state index contributed by atoms with van der Waals surface area (Å²) >= 11 is 0. The molecule has 1 saturated heterocycles. The van der Waals surface area contributed by atoms with Crippen LogP contribution in [0.15, 0.2) is 23.8 Å². The van der Waals surface area contributed by atoms with Gasteiger partial charge in [0.2, 0.25) is 0 Å². The van der Waals surface area contributed by atoms with Crippen LogP contribution >= 0.6 is 0 Å². The van der Waals surface area contributed by atoms with Gasteiger partial charge in [0.15, 0.2) is 23.5 Å². The van der Waals surface area contributed by atoms with E-state index in [1.165, 1.54) is 18.2 Å². The second-order valence-corrected chi connectivity index (χ2v) is 12.5. The topological polar surface area (TPSA) is 174 Å². The Morgan fingerprint density at radius 2 is 1.82 bits per heavy atom. The van der Waals surface area contributed by atoms with Gasteiger partial charge >= 0.3 is 0 Å². The molecule has 0 aromatic heterocycles. The molecule has 4 aliphatic carbocycles. The summed E-state index contributed by atoms with van der Waals surface area (Å²) in [6.07, 6.45) is -4.53. The lowest BCUT2D eigenvalue weighted by molar-refractivity contribution is -0.341. The summed E-state index contributed by atoms with van der Waals surface area (Å²) in [5.74, 6) is -2.80. The van der Waals surface area contributed by atoms with Gasteiger partial charge in [-0.2, -0.15) is 0 Å². The van der Waals surface area contributed by atoms with Crippen molar-refractivity contribution in [2.24, 2.45) is 28.6 Å². The first kappa shape index (κ1) is 28.9. The molecule has 13 atom stereocenters. The van der Waals surface area contributed by atoms with Gasteiger partial charge in [0.05, 0.1) is 12.7 Å². The number of aliphatic hydroxyl groups is 6. The zero-order valence-electron chi connectivity index (χ0n) is 22.4. The summed E-state index contributed by atoms with van der Waals surface area (Å²) in [6, 6.07) is 0. The minimum Gasteiger partial charge on any atom is -0.394 e. The fourth-order valence-electron chi connectivity index (χ4n) is 8.91. The van der Waals surface area contributed by atoms with Crippen LogP contribution in [-0.2, 0) is 19.1 Å². The Labute approximate surface area is 226 Å². The first-order chi connectivity index (χ1) is 18.2. The minimum atomic E-state index is -2.14. The molecule has 0 aromatic rings. The third-order valence-electron chi connectivity index (χ3n) is 10.9. The SMILES string of the molecule is C[C@@H]1C[C@H]2[C@@H]3CCC4=CC(=O)C=C[C@]4(C)[C@@]3(F)[C@@H](O)C[C@]2(C)[C@@]1(OC1O[C@H](CO)[C@@H](O)[C@H](O)[C@H]1O)C(=O)CO. The number of carbonyl (C=O) groups excluding carboxylic acids is 2. The van der Waals surface area contributed by atoms with Crippen molar-refractivity contribution >= 4 is 11.6 Å². The number of carbonyl (C=O) groups is 2. The average Bonchev–Trinajstić information content (AvgIpc) is 3.11. The van der Waals surface area contributed by atoms with Gasteiger partial charge in [-0.25, -0.2) is 4.39 Å². The number of ketones is 2. The number of fused-ring (bicyclic) bond motifs is 5. The van der Waals surface area contributed by atoms with Gasteiger partial charge < -0.3 is 40.1 Å². The number of ether oxygens (including phenoxy) is 2. The smallest absolute Gasteiger partial charge is 0.190 e. The molecule has 1 heterocycles. The second-order valence-electron chi connectivity index (χ2n) is 12.5. The molecule has 0 amide bonds. The van der Waals surface area contributed by atoms with E-state index in [1.54, 1.807) is 20.8 Å². The van der Waals surface area contributed by atoms with E-state index in [9.17, 15) is 40.2 Å². The Kier molecular flexibility index (Phi) is 7.04. The normalized spacial score (nSPS) is 53.0. The van der Waals surface area contributed by atoms with Crippen LogP contribution in [0, 0.1) is 28.6 Å². The maximum absolute atomic E-state index is 17.5. The molecule has 3 saturated carbocycles. The molecule has 11 heteroatoms. The third-order valence-corrected chi connectivity index (χ3v) is 10.9. The Morgan fingerprint density at radius 1 is 1.13 bits per heavy atom. The highest BCUT2D eigenvalue weighted by Crippen LogP contribution is 2.71. The molecule has 4 fully saturated rings. The van der Waals surface area contributed by atoms with Crippen molar-refractivity contribution in [2.75, 3.05) is 13.2 Å². The number of halogens is 1. The number of hydrogen-bond acceptors (Lipinski definition) is 10. The molecular formula is C28H39FO10. The number of hydrogen-bond donors (Lipinski definition) is 6. The first-order valence-electron chi connectivity index (χ1n) is 13.7. The van der Waals surface area contributed by atoms with E-state index in [1.807, 2.05) is 0 Å². The summed E-state index contributed by atoms with van der Waals surface area (Å²) in [4.78, 5) is 25.7. The number of alkyl halides is 1. The van der Waals surface area contributed by atoms with E-state index in [-0.39, 0.29) is 12.2 Å². The van der Waals surface area contributed by atoms with Crippen molar-refractivity contribution in [3.63, 3.8) is 0 Å². The number of rotatable bonds is 5. The van der Waals surface area contributed by atoms with Gasteiger partial charge in [0, 0.05) is 16.7 Å². The lowest BCUT2D eigenvalue weighted by atomic mass is 9.44. The zero-order chi connectivity index (χ0) is 28.7. The van der Waals surface area contributed by atoms with Crippen molar-refractivity contribution in [2.45, 2.75) is 94.5 Å². The molecule has 218 valence electrons. The molecule has 6 N–H and O–H groups in total. The van der Waals surface area contributed by atoms with Crippen LogP contribution in [0.3, 0.4) is 0 Å². The van der Waals surface area contributed by atoms with Crippen molar-refractivity contribution < 1.29 is 54.1 Å². The summed E-state index contributed by atoms with van der Waals surface area (Å²) in [7, 11) is 0. The summed E-state index contributed by atoms with van der Waals surface area (Å²) in [5.41, 5.74) is -5.82. The summed E-state index contributed by atoms with van der Waals surface area (Å²) in [6.45, 7) is 3.50. The molecule has 0 spiro atoms. The van der Waals surface area contributed by atoms with E-state index in [4.69, 9.17) is 9.47 Å². The van der Waals surface area contributed by atoms with E-state index in [0.717, 1.165) is 0 Å². The molecular weight excluding hydrogens is 515 g/mol. The summed E-state index contributed by atoms with van der Waals surface area (Å²) < 4.78 is 29.3. The molecule has 1 aliphatic heterocycles. The highest BCUT2D eigenvalue weighted by atomic mass is 19.1. The second kappa shape index (κ2) is 9.49. The Balaban J connectivity index is 1.58. The van der Waals surface area contributed by atoms with E-state index >= 15 is 4.39 Å². The largest absolute Gasteiger partial charge is 0.394 e. The van der Waals surface area contributed by atoms with E-state index in [0.29, 0.717) is 24.8 Å². The van der Waals surface area contributed by atoms with Crippen molar-refractivity contribution in [1.29, 1.82) is 0 Å². The van der Waals surface area contributed by atoms with Gasteiger partial charge in [-0.05, 0) is 56.6 Å². The number of Topliss-reactive ketones (excluding diaryl/α,β-unsaturated/α-hetero) is 1. The fourth-order valence-corrected chi connectivity index (χ4v) is 8.91. The van der Waals surface area contributed by atoms with Crippen LogP contribution in [0.1, 0.15) is 46.5 Å². The van der Waals surface area contributed by atoms with Gasteiger partial charge in [-0.3, -0.25) is 9.59 Å². The lowest BCUT2D eigenvalue weighted by Crippen LogP contribution is -2.71. The lowest BCUT2D eigenvalue weighted by Gasteiger charge is -2.63. The van der Waals surface area contributed by atoms with Gasteiger partial charge in [0.1, 0.15) is 36.6 Å². The van der Waals surface area contributed by atoms with Crippen molar-refractivity contribution in [3.8, 4) is 0 Å².